The summed E-state index contributed by atoms with van der Waals surface area (Å²) in [5.41, 5.74) is 0. The molecule has 20 heavy (non-hydrogen) atoms. The molecule has 1 saturated carbocycles. The Bertz CT molecular complexity index is 574. The van der Waals surface area contributed by atoms with Crippen LogP contribution in [0.1, 0.15) is 39.0 Å². The van der Waals surface area contributed by atoms with Crippen LogP contribution in [0.15, 0.2) is 23.1 Å². The molecule has 1 aromatic rings. The van der Waals surface area contributed by atoms with Crippen LogP contribution in [0.5, 0.6) is 5.75 Å². The molecule has 6 heteroatoms. The van der Waals surface area contributed by atoms with E-state index < -0.39 is 14.9 Å². The van der Waals surface area contributed by atoms with Crippen molar-refractivity contribution < 1.29 is 17.5 Å². The Labute approximate surface area is 123 Å². The molecule has 2 atom stereocenters. The second-order valence-corrected chi connectivity index (χ2v) is 7.67. The van der Waals surface area contributed by atoms with E-state index in [4.69, 9.17) is 15.4 Å². The van der Waals surface area contributed by atoms with Crippen molar-refractivity contribution >= 4 is 19.7 Å². The molecule has 0 aliphatic heterocycles. The first-order valence-corrected chi connectivity index (χ1v) is 9.13. The molecule has 0 amide bonds. The van der Waals surface area contributed by atoms with E-state index in [0.29, 0.717) is 5.92 Å². The van der Waals surface area contributed by atoms with Gasteiger partial charge in [0.25, 0.3) is 9.05 Å². The lowest BCUT2D eigenvalue weighted by Crippen LogP contribution is -2.30. The average molecular weight is 321 g/mol. The smallest absolute Gasteiger partial charge is 0.265 e. The summed E-state index contributed by atoms with van der Waals surface area (Å²) in [6.07, 6.45) is 5.14. The van der Waals surface area contributed by atoms with E-state index in [-0.39, 0.29) is 16.7 Å². The molecule has 1 aliphatic carbocycles. The van der Waals surface area contributed by atoms with E-state index in [1.54, 1.807) is 0 Å². The van der Waals surface area contributed by atoms with Crippen LogP contribution in [0.2, 0.25) is 0 Å². The maximum Gasteiger partial charge on any atom is 0.265 e. The molecule has 2 rings (SSSR count). The van der Waals surface area contributed by atoms with Gasteiger partial charge in [0, 0.05) is 10.7 Å². The largest absolute Gasteiger partial charge is 0.489 e. The van der Waals surface area contributed by atoms with Gasteiger partial charge in [-0.1, -0.05) is 13.3 Å². The van der Waals surface area contributed by atoms with Gasteiger partial charge in [-0.05, 0) is 49.8 Å². The van der Waals surface area contributed by atoms with Gasteiger partial charge in [0.15, 0.2) is 0 Å². The summed E-state index contributed by atoms with van der Waals surface area (Å²) in [4.78, 5) is -0.292. The zero-order valence-corrected chi connectivity index (χ0v) is 12.9. The zero-order chi connectivity index (χ0) is 14.8. The molecule has 0 bridgehead atoms. The lowest BCUT2D eigenvalue weighted by Gasteiger charge is -2.31. The number of benzene rings is 1. The van der Waals surface area contributed by atoms with Crippen molar-refractivity contribution in [1.82, 2.24) is 0 Å². The zero-order valence-electron chi connectivity index (χ0n) is 11.3. The van der Waals surface area contributed by atoms with Gasteiger partial charge in [0.1, 0.15) is 22.6 Å². The van der Waals surface area contributed by atoms with Crippen LogP contribution in [-0.2, 0) is 9.05 Å². The Balaban J connectivity index is 2.29. The van der Waals surface area contributed by atoms with Gasteiger partial charge < -0.3 is 4.74 Å². The lowest BCUT2D eigenvalue weighted by molar-refractivity contribution is 0.0874. The Morgan fingerprint density at radius 3 is 2.70 bits per heavy atom. The molecule has 0 heterocycles. The van der Waals surface area contributed by atoms with Crippen LogP contribution in [0, 0.1) is 11.7 Å². The van der Waals surface area contributed by atoms with Gasteiger partial charge in [-0.25, -0.2) is 12.8 Å². The van der Waals surface area contributed by atoms with Crippen molar-refractivity contribution in [2.24, 2.45) is 5.92 Å². The molecule has 0 saturated heterocycles. The van der Waals surface area contributed by atoms with E-state index in [1.165, 1.54) is 18.6 Å². The standard InChI is InChI=1S/C14H18ClFO3S/c1-2-10-5-3-4-6-12(10)19-13-8-7-11(16)9-14(13)20(15,17)18/h7-10,12H,2-6H2,1H3. The van der Waals surface area contributed by atoms with Gasteiger partial charge in [-0.2, -0.15) is 0 Å². The first kappa shape index (κ1) is 15.6. The predicted octanol–water partition coefficient (Wildman–Crippen LogP) is 4.10. The van der Waals surface area contributed by atoms with Gasteiger partial charge in [0.2, 0.25) is 0 Å². The fourth-order valence-electron chi connectivity index (χ4n) is 2.73. The van der Waals surface area contributed by atoms with E-state index in [2.05, 4.69) is 6.92 Å². The molecule has 112 valence electrons. The second-order valence-electron chi connectivity index (χ2n) is 5.14. The highest BCUT2D eigenvalue weighted by molar-refractivity contribution is 8.13. The van der Waals surface area contributed by atoms with E-state index in [0.717, 1.165) is 31.7 Å². The number of hydrogen-bond acceptors (Lipinski definition) is 3. The molecule has 0 N–H and O–H groups in total. The highest BCUT2D eigenvalue weighted by Gasteiger charge is 2.27. The van der Waals surface area contributed by atoms with Crippen LogP contribution >= 0.6 is 10.7 Å². The summed E-state index contributed by atoms with van der Waals surface area (Å²) in [5, 5.41) is 0. The van der Waals surface area contributed by atoms with Crippen LogP contribution < -0.4 is 4.74 Å². The molecule has 0 aromatic heterocycles. The topological polar surface area (TPSA) is 43.4 Å². The summed E-state index contributed by atoms with van der Waals surface area (Å²) >= 11 is 0. The second kappa shape index (κ2) is 6.31. The monoisotopic (exact) mass is 320 g/mol. The number of hydrogen-bond donors (Lipinski definition) is 0. The van der Waals surface area contributed by atoms with Crippen molar-refractivity contribution in [3.05, 3.63) is 24.0 Å². The highest BCUT2D eigenvalue weighted by atomic mass is 35.7. The maximum atomic E-state index is 13.2. The van der Waals surface area contributed by atoms with Gasteiger partial charge in [-0.3, -0.25) is 0 Å². The third kappa shape index (κ3) is 3.64. The number of ether oxygens (including phenoxy) is 1. The Morgan fingerprint density at radius 2 is 2.05 bits per heavy atom. The number of halogens is 2. The molecule has 1 aromatic carbocycles. The predicted molar refractivity (Wildman–Crippen MR) is 76.1 cm³/mol. The third-order valence-electron chi connectivity index (χ3n) is 3.81. The van der Waals surface area contributed by atoms with Crippen LogP contribution in [0.25, 0.3) is 0 Å². The van der Waals surface area contributed by atoms with Crippen LogP contribution in [0.3, 0.4) is 0 Å². The maximum absolute atomic E-state index is 13.2. The molecule has 1 aliphatic rings. The van der Waals surface area contributed by atoms with Crippen LogP contribution in [-0.4, -0.2) is 14.5 Å². The molecular formula is C14H18ClFO3S. The fourth-order valence-corrected chi connectivity index (χ4v) is 3.70. The summed E-state index contributed by atoms with van der Waals surface area (Å²) < 4.78 is 42.1. The SMILES string of the molecule is CCC1CCCCC1Oc1ccc(F)cc1S(=O)(=O)Cl. The van der Waals surface area contributed by atoms with E-state index in [9.17, 15) is 12.8 Å². The van der Waals surface area contributed by atoms with Crippen molar-refractivity contribution in [3.63, 3.8) is 0 Å². The Kier molecular flexibility index (Phi) is 4.91. The van der Waals surface area contributed by atoms with Crippen LogP contribution in [0.4, 0.5) is 4.39 Å². The minimum atomic E-state index is -4.02. The summed E-state index contributed by atoms with van der Waals surface area (Å²) in [5.74, 6) is -0.0984. The summed E-state index contributed by atoms with van der Waals surface area (Å²) in [6, 6.07) is 3.43. The van der Waals surface area contributed by atoms with Gasteiger partial charge >= 0.3 is 0 Å². The first-order valence-electron chi connectivity index (χ1n) is 6.82. The van der Waals surface area contributed by atoms with Crippen molar-refractivity contribution in [1.29, 1.82) is 0 Å². The molecule has 0 radical (unpaired) electrons. The fraction of sp³-hybridized carbons (Fsp3) is 0.571. The summed E-state index contributed by atoms with van der Waals surface area (Å²) in [6.45, 7) is 2.09. The highest BCUT2D eigenvalue weighted by Crippen LogP contribution is 2.34. The minimum absolute atomic E-state index is 0.0311. The van der Waals surface area contributed by atoms with E-state index >= 15 is 0 Å². The molecule has 1 fully saturated rings. The van der Waals surface area contributed by atoms with Gasteiger partial charge in [-0.15, -0.1) is 0 Å². The summed E-state index contributed by atoms with van der Waals surface area (Å²) in [7, 11) is 1.33. The molecule has 0 spiro atoms. The Hall–Kier alpha value is -0.810. The molecule has 3 nitrogen and oxygen atoms in total. The first-order chi connectivity index (χ1) is 9.41. The Morgan fingerprint density at radius 1 is 1.35 bits per heavy atom. The third-order valence-corrected chi connectivity index (χ3v) is 5.15. The van der Waals surface area contributed by atoms with E-state index in [1.807, 2.05) is 0 Å². The van der Waals surface area contributed by atoms with Crippen molar-refractivity contribution in [2.75, 3.05) is 0 Å². The van der Waals surface area contributed by atoms with Gasteiger partial charge in [0.05, 0.1) is 0 Å². The van der Waals surface area contributed by atoms with Crippen molar-refractivity contribution in [3.8, 4) is 5.75 Å². The lowest BCUT2D eigenvalue weighted by atomic mass is 9.85. The average Bonchev–Trinajstić information content (AvgIpc) is 2.40. The minimum Gasteiger partial charge on any atom is -0.489 e. The number of rotatable bonds is 4. The molecule has 2 unspecified atom stereocenters. The molecular weight excluding hydrogens is 303 g/mol. The normalized spacial score (nSPS) is 23.6. The quantitative estimate of drug-likeness (QED) is 0.784. The van der Waals surface area contributed by atoms with Crippen molar-refractivity contribution in [2.45, 2.75) is 50.0 Å².